The van der Waals surface area contributed by atoms with E-state index < -0.39 is 30.0 Å². The van der Waals surface area contributed by atoms with Crippen LogP contribution in [0, 0.1) is 0 Å². The van der Waals surface area contributed by atoms with Gasteiger partial charge in [0.25, 0.3) is 20.2 Å². The summed E-state index contributed by atoms with van der Waals surface area (Å²) < 4.78 is 64.1. The number of hydrogen-bond donors (Lipinski definition) is 5. The van der Waals surface area contributed by atoms with Crippen molar-refractivity contribution in [3.05, 3.63) is 36.4 Å². The molecule has 124 valence electrons. The Hall–Kier alpha value is -2.34. The predicted molar refractivity (Wildman–Crippen MR) is 84.6 cm³/mol. The maximum atomic E-state index is 11.4. The van der Waals surface area contributed by atoms with Gasteiger partial charge < -0.3 is 16.8 Å². The van der Waals surface area contributed by atoms with Gasteiger partial charge >= 0.3 is 0 Å². The summed E-state index contributed by atoms with van der Waals surface area (Å²) in [6, 6.07) is 7.18. The molecule has 0 radical (unpaired) electrons. The van der Waals surface area contributed by atoms with E-state index in [0.717, 1.165) is 12.1 Å². The summed E-state index contributed by atoms with van der Waals surface area (Å²) in [5.41, 5.74) is 10.9. The van der Waals surface area contributed by atoms with Crippen molar-refractivity contribution in [3.8, 4) is 0 Å². The van der Waals surface area contributed by atoms with Gasteiger partial charge in [-0.2, -0.15) is 16.8 Å². The molecule has 0 atom stereocenters. The Morgan fingerprint density at radius 1 is 0.739 bits per heavy atom. The van der Waals surface area contributed by atoms with Crippen LogP contribution in [0.2, 0.25) is 0 Å². The molecule has 2 rings (SSSR count). The molecule has 2 aromatic rings. The van der Waals surface area contributed by atoms with Crippen molar-refractivity contribution in [1.29, 1.82) is 0 Å². The highest BCUT2D eigenvalue weighted by atomic mass is 32.2. The lowest BCUT2D eigenvalue weighted by molar-refractivity contribution is 0.482. The molecule has 23 heavy (non-hydrogen) atoms. The SMILES string of the molecule is Nc1ccc(Nc2ccc(N)cc2S(=O)(=O)O)c(S(=O)(=O)O)c1. The molecule has 0 aliphatic rings. The predicted octanol–water partition coefficient (Wildman–Crippen LogP) is 1.09. The molecule has 2 aromatic carbocycles. The first-order chi connectivity index (χ1) is 10.5. The zero-order valence-corrected chi connectivity index (χ0v) is 13.1. The first-order valence-corrected chi connectivity index (χ1v) is 8.87. The van der Waals surface area contributed by atoms with Crippen LogP contribution in [0.25, 0.3) is 0 Å². The van der Waals surface area contributed by atoms with Gasteiger partial charge in [-0.05, 0) is 36.4 Å². The van der Waals surface area contributed by atoms with Crippen molar-refractivity contribution < 1.29 is 25.9 Å². The van der Waals surface area contributed by atoms with E-state index in [9.17, 15) is 25.9 Å². The zero-order chi connectivity index (χ0) is 17.4. The van der Waals surface area contributed by atoms with Gasteiger partial charge in [0.15, 0.2) is 0 Å². The third-order valence-electron chi connectivity index (χ3n) is 2.84. The molecule has 0 saturated heterocycles. The highest BCUT2D eigenvalue weighted by Crippen LogP contribution is 2.31. The number of anilines is 4. The summed E-state index contributed by atoms with van der Waals surface area (Å²) in [6.45, 7) is 0. The fourth-order valence-corrected chi connectivity index (χ4v) is 3.22. The number of nitrogens with one attached hydrogen (secondary N) is 1. The molecule has 0 amide bonds. The van der Waals surface area contributed by atoms with E-state index in [1.54, 1.807) is 0 Å². The summed E-state index contributed by atoms with van der Waals surface area (Å²) in [5, 5.41) is 2.52. The Bertz CT molecular complexity index is 891. The van der Waals surface area contributed by atoms with Crippen LogP contribution in [0.15, 0.2) is 46.2 Å². The number of hydrogen-bond acceptors (Lipinski definition) is 7. The van der Waals surface area contributed by atoms with Gasteiger partial charge in [0.2, 0.25) is 0 Å². The average Bonchev–Trinajstić information content (AvgIpc) is 2.40. The summed E-state index contributed by atoms with van der Waals surface area (Å²) in [6.07, 6.45) is 0. The third kappa shape index (κ3) is 3.90. The van der Waals surface area contributed by atoms with E-state index in [1.807, 2.05) is 0 Å². The van der Waals surface area contributed by atoms with Gasteiger partial charge in [-0.15, -0.1) is 0 Å². The van der Waals surface area contributed by atoms with E-state index >= 15 is 0 Å². The van der Waals surface area contributed by atoms with Gasteiger partial charge in [-0.3, -0.25) is 9.11 Å². The molecule has 0 spiro atoms. The molecule has 0 bridgehead atoms. The molecule has 0 fully saturated rings. The first-order valence-electron chi connectivity index (χ1n) is 5.99. The second-order valence-electron chi connectivity index (χ2n) is 4.59. The maximum Gasteiger partial charge on any atom is 0.296 e. The summed E-state index contributed by atoms with van der Waals surface area (Å²) >= 11 is 0. The fraction of sp³-hybridized carbons (Fsp3) is 0. The first kappa shape index (κ1) is 17.0. The van der Waals surface area contributed by atoms with Crippen molar-refractivity contribution in [2.45, 2.75) is 9.79 Å². The van der Waals surface area contributed by atoms with Crippen LogP contribution in [0.4, 0.5) is 22.7 Å². The van der Waals surface area contributed by atoms with Crippen LogP contribution < -0.4 is 16.8 Å². The van der Waals surface area contributed by atoms with E-state index in [1.165, 1.54) is 24.3 Å². The average molecular weight is 359 g/mol. The fourth-order valence-electron chi connectivity index (χ4n) is 1.86. The number of nitrogens with two attached hydrogens (primary N) is 2. The van der Waals surface area contributed by atoms with Gasteiger partial charge in [-0.1, -0.05) is 0 Å². The molecular formula is C12H13N3O6S2. The Morgan fingerprint density at radius 3 is 1.39 bits per heavy atom. The van der Waals surface area contributed by atoms with E-state index in [2.05, 4.69) is 5.32 Å². The largest absolute Gasteiger partial charge is 0.399 e. The Kier molecular flexibility index (Phi) is 4.22. The van der Waals surface area contributed by atoms with Crippen molar-refractivity contribution >= 4 is 43.0 Å². The van der Waals surface area contributed by atoms with Crippen molar-refractivity contribution in [1.82, 2.24) is 0 Å². The minimum atomic E-state index is -4.61. The zero-order valence-electron chi connectivity index (χ0n) is 11.5. The maximum absolute atomic E-state index is 11.4. The minimum absolute atomic E-state index is 0.0792. The van der Waals surface area contributed by atoms with Crippen LogP contribution in [-0.4, -0.2) is 25.9 Å². The summed E-state index contributed by atoms with van der Waals surface area (Å²) in [4.78, 5) is -1.09. The van der Waals surface area contributed by atoms with Gasteiger partial charge in [0, 0.05) is 11.4 Å². The number of nitrogen functional groups attached to an aromatic ring is 2. The molecular weight excluding hydrogens is 346 g/mol. The van der Waals surface area contributed by atoms with Crippen LogP contribution in [0.5, 0.6) is 0 Å². The van der Waals surface area contributed by atoms with Gasteiger partial charge in [0.05, 0.1) is 11.4 Å². The molecule has 0 heterocycles. The normalized spacial score (nSPS) is 12.1. The van der Waals surface area contributed by atoms with Crippen molar-refractivity contribution in [2.24, 2.45) is 0 Å². The van der Waals surface area contributed by atoms with Crippen LogP contribution in [-0.2, 0) is 20.2 Å². The Balaban J connectivity index is 2.62. The van der Waals surface area contributed by atoms with Crippen LogP contribution >= 0.6 is 0 Å². The van der Waals surface area contributed by atoms with E-state index in [4.69, 9.17) is 11.5 Å². The Morgan fingerprint density at radius 2 is 1.09 bits per heavy atom. The molecule has 0 aliphatic carbocycles. The van der Waals surface area contributed by atoms with Gasteiger partial charge in [0.1, 0.15) is 9.79 Å². The lowest BCUT2D eigenvalue weighted by atomic mass is 10.2. The Labute approximate surface area is 132 Å². The van der Waals surface area contributed by atoms with E-state index in [-0.39, 0.29) is 22.7 Å². The second kappa shape index (κ2) is 5.70. The molecule has 7 N–H and O–H groups in total. The lowest BCUT2D eigenvalue weighted by Crippen LogP contribution is -2.08. The number of rotatable bonds is 4. The van der Waals surface area contributed by atoms with Crippen molar-refractivity contribution in [2.75, 3.05) is 16.8 Å². The molecule has 0 aromatic heterocycles. The number of benzene rings is 2. The highest BCUT2D eigenvalue weighted by molar-refractivity contribution is 7.86. The second-order valence-corrected chi connectivity index (χ2v) is 7.37. The molecule has 0 unspecified atom stereocenters. The monoisotopic (exact) mass is 359 g/mol. The van der Waals surface area contributed by atoms with Crippen LogP contribution in [0.1, 0.15) is 0 Å². The third-order valence-corrected chi connectivity index (χ3v) is 4.62. The van der Waals surface area contributed by atoms with Crippen molar-refractivity contribution in [3.63, 3.8) is 0 Å². The van der Waals surface area contributed by atoms with E-state index in [0.29, 0.717) is 0 Å². The molecule has 11 heteroatoms. The lowest BCUT2D eigenvalue weighted by Gasteiger charge is -2.14. The van der Waals surface area contributed by atoms with Gasteiger partial charge in [-0.25, -0.2) is 0 Å². The highest BCUT2D eigenvalue weighted by Gasteiger charge is 2.20. The van der Waals surface area contributed by atoms with Crippen LogP contribution in [0.3, 0.4) is 0 Å². The summed E-state index contributed by atoms with van der Waals surface area (Å²) in [5.74, 6) is 0. The minimum Gasteiger partial charge on any atom is -0.399 e. The summed E-state index contributed by atoms with van der Waals surface area (Å²) in [7, 11) is -9.22. The standard InChI is InChI=1S/C12H13N3O6S2/c13-7-1-3-9(11(5-7)22(16,17)18)15-10-4-2-8(14)6-12(10)23(19,20)21/h1-6,15H,13-14H2,(H,16,17,18)(H,19,20,21). The molecule has 0 aliphatic heterocycles. The topological polar surface area (TPSA) is 173 Å². The molecule has 9 nitrogen and oxygen atoms in total. The molecule has 0 saturated carbocycles. The smallest absolute Gasteiger partial charge is 0.296 e. The quantitative estimate of drug-likeness (QED) is 0.395.